The summed E-state index contributed by atoms with van der Waals surface area (Å²) in [5, 5.41) is 2.78. The zero-order chi connectivity index (χ0) is 20.0. The van der Waals surface area contributed by atoms with E-state index in [2.05, 4.69) is 5.32 Å². The Morgan fingerprint density at radius 3 is 2.63 bits per heavy atom. The first-order valence-corrected chi connectivity index (χ1v) is 9.01. The number of likely N-dealkylation sites (N-methyl/N-ethyl adjacent to an activating group) is 1. The second kappa shape index (κ2) is 9.25. The van der Waals surface area contributed by atoms with Gasteiger partial charge in [0.2, 0.25) is 5.91 Å². The smallest absolute Gasteiger partial charge is 0.337 e. The van der Waals surface area contributed by atoms with Crippen LogP contribution in [0.5, 0.6) is 5.75 Å². The van der Waals surface area contributed by atoms with Crippen molar-refractivity contribution in [2.75, 3.05) is 39.7 Å². The molecule has 0 bridgehead atoms. The van der Waals surface area contributed by atoms with Gasteiger partial charge in [0.05, 0.1) is 25.5 Å². The first-order valence-electron chi connectivity index (χ1n) is 9.01. The number of carbonyl (C=O) groups is 3. The molecule has 2 rings (SSSR count). The van der Waals surface area contributed by atoms with Crippen molar-refractivity contribution in [3.8, 4) is 5.75 Å². The Balaban J connectivity index is 2.23. The van der Waals surface area contributed by atoms with Crippen LogP contribution in [0, 0.1) is 0 Å². The largest absolute Gasteiger partial charge is 0.495 e. The summed E-state index contributed by atoms with van der Waals surface area (Å²) >= 11 is 0. The van der Waals surface area contributed by atoms with Crippen molar-refractivity contribution in [3.05, 3.63) is 23.8 Å². The van der Waals surface area contributed by atoms with Crippen LogP contribution in [0.3, 0.4) is 0 Å². The molecule has 1 heterocycles. The number of esters is 1. The van der Waals surface area contributed by atoms with Crippen molar-refractivity contribution in [1.82, 2.24) is 9.80 Å². The van der Waals surface area contributed by atoms with Gasteiger partial charge in [-0.05, 0) is 24.6 Å². The lowest BCUT2D eigenvalue weighted by atomic mass is 10.0. The molecule has 1 aromatic rings. The topological polar surface area (TPSA) is 88.2 Å². The number of unbranched alkanes of at least 4 members (excludes halogenated alkanes) is 1. The van der Waals surface area contributed by atoms with E-state index in [1.54, 1.807) is 29.0 Å². The quantitative estimate of drug-likeness (QED) is 0.769. The number of benzene rings is 1. The third kappa shape index (κ3) is 4.69. The molecular weight excluding hydrogens is 350 g/mol. The van der Waals surface area contributed by atoms with Gasteiger partial charge in [-0.25, -0.2) is 9.59 Å². The van der Waals surface area contributed by atoms with Gasteiger partial charge in [0, 0.05) is 20.1 Å². The SMILES string of the molecule is CCCC[C@@H]1C(=O)N(C)CCN1C(=O)Nc1cc(C(=O)OC)ccc1OC. The number of amides is 3. The molecule has 0 aromatic heterocycles. The normalized spacial score (nSPS) is 16.9. The average molecular weight is 377 g/mol. The maximum Gasteiger partial charge on any atom is 0.337 e. The molecule has 1 aliphatic rings. The van der Waals surface area contributed by atoms with E-state index in [9.17, 15) is 14.4 Å². The second-order valence-corrected chi connectivity index (χ2v) is 6.45. The van der Waals surface area contributed by atoms with E-state index < -0.39 is 18.0 Å². The lowest BCUT2D eigenvalue weighted by Gasteiger charge is -2.39. The van der Waals surface area contributed by atoms with Gasteiger partial charge in [-0.1, -0.05) is 19.8 Å². The summed E-state index contributed by atoms with van der Waals surface area (Å²) in [5.41, 5.74) is 0.650. The second-order valence-electron chi connectivity index (χ2n) is 6.45. The first-order chi connectivity index (χ1) is 12.9. The maximum atomic E-state index is 12.9. The van der Waals surface area contributed by atoms with E-state index in [-0.39, 0.29) is 5.91 Å². The minimum Gasteiger partial charge on any atom is -0.495 e. The lowest BCUT2D eigenvalue weighted by Crippen LogP contribution is -2.58. The Morgan fingerprint density at radius 1 is 1.26 bits per heavy atom. The minimum absolute atomic E-state index is 0.0554. The molecule has 0 unspecified atom stereocenters. The van der Waals surface area contributed by atoms with Crippen molar-refractivity contribution in [2.45, 2.75) is 32.2 Å². The van der Waals surface area contributed by atoms with Crippen LogP contribution in [0.4, 0.5) is 10.5 Å². The summed E-state index contributed by atoms with van der Waals surface area (Å²) in [6.45, 7) is 2.97. The average Bonchev–Trinajstić information content (AvgIpc) is 2.68. The minimum atomic E-state index is -0.510. The number of hydrogen-bond donors (Lipinski definition) is 1. The zero-order valence-electron chi connectivity index (χ0n) is 16.3. The first kappa shape index (κ1) is 20.5. The molecule has 1 N–H and O–H groups in total. The number of hydrogen-bond acceptors (Lipinski definition) is 5. The highest BCUT2D eigenvalue weighted by Gasteiger charge is 2.35. The van der Waals surface area contributed by atoms with Gasteiger partial charge in [0.15, 0.2) is 0 Å². The van der Waals surface area contributed by atoms with E-state index in [1.165, 1.54) is 20.3 Å². The predicted molar refractivity (Wildman–Crippen MR) is 101 cm³/mol. The standard InChI is InChI=1S/C19H27N3O5/c1-5-6-7-15-17(23)21(2)10-11-22(15)19(25)20-14-12-13(18(24)27-4)8-9-16(14)26-3/h8-9,12,15H,5-7,10-11H2,1-4H3,(H,20,25)/t15-/m1/s1. The number of anilines is 1. The summed E-state index contributed by atoms with van der Waals surface area (Å²) in [6.07, 6.45) is 2.42. The van der Waals surface area contributed by atoms with Crippen molar-refractivity contribution >= 4 is 23.6 Å². The molecule has 148 valence electrons. The Kier molecular flexibility index (Phi) is 7.04. The highest BCUT2D eigenvalue weighted by Crippen LogP contribution is 2.27. The lowest BCUT2D eigenvalue weighted by molar-refractivity contribution is -0.138. The van der Waals surface area contributed by atoms with E-state index in [4.69, 9.17) is 9.47 Å². The van der Waals surface area contributed by atoms with Crippen molar-refractivity contribution in [3.63, 3.8) is 0 Å². The number of ether oxygens (including phenoxy) is 2. The Bertz CT molecular complexity index is 707. The fourth-order valence-electron chi connectivity index (χ4n) is 3.07. The van der Waals surface area contributed by atoms with Crippen LogP contribution in [-0.2, 0) is 9.53 Å². The number of piperazine rings is 1. The van der Waals surface area contributed by atoms with Crippen LogP contribution in [0.2, 0.25) is 0 Å². The Hall–Kier alpha value is -2.77. The van der Waals surface area contributed by atoms with Gasteiger partial charge < -0.3 is 24.6 Å². The summed E-state index contributed by atoms with van der Waals surface area (Å²) in [5.74, 6) is -0.148. The van der Waals surface area contributed by atoms with Gasteiger partial charge in [0.1, 0.15) is 11.8 Å². The number of carbonyl (C=O) groups excluding carboxylic acids is 3. The Morgan fingerprint density at radius 2 is 2.00 bits per heavy atom. The number of nitrogens with zero attached hydrogens (tertiary/aromatic N) is 2. The van der Waals surface area contributed by atoms with Crippen molar-refractivity contribution in [1.29, 1.82) is 0 Å². The van der Waals surface area contributed by atoms with Gasteiger partial charge in [-0.15, -0.1) is 0 Å². The van der Waals surface area contributed by atoms with E-state index in [1.807, 2.05) is 6.92 Å². The molecule has 27 heavy (non-hydrogen) atoms. The molecule has 1 aromatic carbocycles. The summed E-state index contributed by atoms with van der Waals surface area (Å²) in [6, 6.07) is 3.77. The predicted octanol–water partition coefficient (Wildman–Crippen LogP) is 2.35. The fraction of sp³-hybridized carbons (Fsp3) is 0.526. The summed E-state index contributed by atoms with van der Waals surface area (Å²) in [4.78, 5) is 40.4. The highest BCUT2D eigenvalue weighted by molar-refractivity contribution is 5.97. The molecule has 0 aliphatic carbocycles. The third-order valence-electron chi connectivity index (χ3n) is 4.67. The van der Waals surface area contributed by atoms with Crippen LogP contribution < -0.4 is 10.1 Å². The molecule has 0 saturated carbocycles. The number of rotatable bonds is 6. The van der Waals surface area contributed by atoms with Gasteiger partial charge in [-0.2, -0.15) is 0 Å². The number of urea groups is 1. The molecule has 1 saturated heterocycles. The summed E-state index contributed by atoms with van der Waals surface area (Å²) < 4.78 is 9.99. The van der Waals surface area contributed by atoms with Crippen LogP contribution in [0.1, 0.15) is 36.5 Å². The van der Waals surface area contributed by atoms with Crippen LogP contribution >= 0.6 is 0 Å². The van der Waals surface area contributed by atoms with Crippen molar-refractivity contribution < 1.29 is 23.9 Å². The van der Waals surface area contributed by atoms with E-state index in [0.717, 1.165) is 12.8 Å². The van der Waals surface area contributed by atoms with Crippen LogP contribution in [0.15, 0.2) is 18.2 Å². The summed E-state index contributed by atoms with van der Waals surface area (Å²) in [7, 11) is 4.52. The van der Waals surface area contributed by atoms with Gasteiger partial charge in [0.25, 0.3) is 0 Å². The molecule has 8 nitrogen and oxygen atoms in total. The van der Waals surface area contributed by atoms with Crippen molar-refractivity contribution in [2.24, 2.45) is 0 Å². The molecule has 3 amide bonds. The van der Waals surface area contributed by atoms with Gasteiger partial charge in [-0.3, -0.25) is 4.79 Å². The third-order valence-corrected chi connectivity index (χ3v) is 4.67. The molecule has 0 radical (unpaired) electrons. The molecule has 1 fully saturated rings. The highest BCUT2D eigenvalue weighted by atomic mass is 16.5. The van der Waals surface area contributed by atoms with E-state index in [0.29, 0.717) is 36.5 Å². The van der Waals surface area contributed by atoms with E-state index >= 15 is 0 Å². The fourth-order valence-corrected chi connectivity index (χ4v) is 3.07. The maximum absolute atomic E-state index is 12.9. The molecule has 1 aliphatic heterocycles. The number of methoxy groups -OCH3 is 2. The number of nitrogens with one attached hydrogen (secondary N) is 1. The van der Waals surface area contributed by atoms with Crippen LogP contribution in [-0.4, -0.2) is 68.1 Å². The molecular formula is C19H27N3O5. The molecule has 0 spiro atoms. The zero-order valence-corrected chi connectivity index (χ0v) is 16.3. The Labute approximate surface area is 159 Å². The van der Waals surface area contributed by atoms with Gasteiger partial charge >= 0.3 is 12.0 Å². The molecule has 1 atom stereocenters. The monoisotopic (exact) mass is 377 g/mol. The van der Waals surface area contributed by atoms with Crippen LogP contribution in [0.25, 0.3) is 0 Å². The molecule has 8 heteroatoms.